The SMILES string of the molecule is Cc1cc(N)cc(N2CCC(=O)NC2=O)c1. The molecule has 84 valence electrons. The molecular weight excluding hydrogens is 206 g/mol. The van der Waals surface area contributed by atoms with E-state index >= 15 is 0 Å². The molecule has 0 atom stereocenters. The van der Waals surface area contributed by atoms with Gasteiger partial charge in [-0.2, -0.15) is 0 Å². The third-order valence-corrected chi connectivity index (χ3v) is 2.45. The highest BCUT2D eigenvalue weighted by molar-refractivity contribution is 6.05. The minimum atomic E-state index is -0.388. The van der Waals surface area contributed by atoms with Crippen LogP contribution in [0.2, 0.25) is 0 Å². The molecule has 0 spiro atoms. The number of imide groups is 1. The third kappa shape index (κ3) is 1.98. The summed E-state index contributed by atoms with van der Waals surface area (Å²) in [5, 5.41) is 2.27. The van der Waals surface area contributed by atoms with Crippen LogP contribution in [0, 0.1) is 6.92 Å². The third-order valence-electron chi connectivity index (χ3n) is 2.45. The standard InChI is InChI=1S/C11H13N3O2/c1-7-4-8(12)6-9(5-7)14-3-2-10(15)13-11(14)16/h4-6H,2-3,12H2,1H3,(H,13,15,16). The van der Waals surface area contributed by atoms with Gasteiger partial charge in [-0.05, 0) is 30.7 Å². The number of nitrogens with zero attached hydrogens (tertiary/aromatic N) is 1. The van der Waals surface area contributed by atoms with Crippen molar-refractivity contribution in [2.24, 2.45) is 0 Å². The fourth-order valence-electron chi connectivity index (χ4n) is 1.76. The first-order chi connectivity index (χ1) is 7.56. The summed E-state index contributed by atoms with van der Waals surface area (Å²) in [4.78, 5) is 24.1. The predicted octanol–water partition coefficient (Wildman–Crippen LogP) is 1.02. The van der Waals surface area contributed by atoms with Crippen molar-refractivity contribution in [3.05, 3.63) is 23.8 Å². The Balaban J connectivity index is 2.30. The van der Waals surface area contributed by atoms with Gasteiger partial charge in [-0.15, -0.1) is 0 Å². The Bertz CT molecular complexity index is 436. The summed E-state index contributed by atoms with van der Waals surface area (Å²) < 4.78 is 0. The first-order valence-corrected chi connectivity index (χ1v) is 5.05. The van der Waals surface area contributed by atoms with Crippen LogP contribution in [0.25, 0.3) is 0 Å². The van der Waals surface area contributed by atoms with Crippen LogP contribution in [0.1, 0.15) is 12.0 Å². The van der Waals surface area contributed by atoms with Crippen LogP contribution in [0.4, 0.5) is 16.2 Å². The lowest BCUT2D eigenvalue weighted by Crippen LogP contribution is -2.49. The Morgan fingerprint density at radius 3 is 2.69 bits per heavy atom. The van der Waals surface area contributed by atoms with Crippen LogP contribution < -0.4 is 16.0 Å². The average molecular weight is 219 g/mol. The zero-order valence-electron chi connectivity index (χ0n) is 8.99. The van der Waals surface area contributed by atoms with E-state index in [9.17, 15) is 9.59 Å². The Morgan fingerprint density at radius 2 is 2.06 bits per heavy atom. The zero-order valence-corrected chi connectivity index (χ0v) is 8.99. The predicted molar refractivity (Wildman–Crippen MR) is 61.1 cm³/mol. The summed E-state index contributed by atoms with van der Waals surface area (Å²) in [6, 6.07) is 5.03. The van der Waals surface area contributed by atoms with Crippen molar-refractivity contribution in [2.45, 2.75) is 13.3 Å². The second-order valence-electron chi connectivity index (χ2n) is 3.86. The van der Waals surface area contributed by atoms with Crippen molar-refractivity contribution in [1.82, 2.24) is 5.32 Å². The van der Waals surface area contributed by atoms with E-state index in [2.05, 4.69) is 5.32 Å². The zero-order chi connectivity index (χ0) is 11.7. The lowest BCUT2D eigenvalue weighted by atomic mass is 10.1. The molecule has 1 aromatic carbocycles. The average Bonchev–Trinajstić information content (AvgIpc) is 2.15. The molecular formula is C11H13N3O2. The Morgan fingerprint density at radius 1 is 1.31 bits per heavy atom. The number of benzene rings is 1. The van der Waals surface area contributed by atoms with Crippen LogP contribution in [0.5, 0.6) is 0 Å². The van der Waals surface area contributed by atoms with Gasteiger partial charge in [-0.25, -0.2) is 4.79 Å². The topological polar surface area (TPSA) is 75.4 Å². The van der Waals surface area contributed by atoms with Gasteiger partial charge in [-0.3, -0.25) is 15.0 Å². The molecule has 1 heterocycles. The molecule has 0 saturated carbocycles. The molecule has 0 unspecified atom stereocenters. The van der Waals surface area contributed by atoms with E-state index in [1.54, 1.807) is 6.07 Å². The van der Waals surface area contributed by atoms with E-state index in [4.69, 9.17) is 5.73 Å². The van der Waals surface area contributed by atoms with E-state index in [0.717, 1.165) is 11.3 Å². The summed E-state index contributed by atoms with van der Waals surface area (Å²) in [6.45, 7) is 2.31. The molecule has 0 aliphatic carbocycles. The molecule has 1 aromatic rings. The summed E-state index contributed by atoms with van der Waals surface area (Å²) in [5.74, 6) is -0.234. The molecule has 0 bridgehead atoms. The summed E-state index contributed by atoms with van der Waals surface area (Å²) in [5.41, 5.74) is 8.03. The number of nitrogens with two attached hydrogens (primary N) is 1. The normalized spacial score (nSPS) is 16.2. The van der Waals surface area contributed by atoms with Gasteiger partial charge in [0.1, 0.15) is 0 Å². The number of nitrogens with one attached hydrogen (secondary N) is 1. The molecule has 1 aliphatic rings. The van der Waals surface area contributed by atoms with Gasteiger partial charge < -0.3 is 5.73 Å². The molecule has 1 saturated heterocycles. The number of carbonyl (C=O) groups is 2. The van der Waals surface area contributed by atoms with E-state index in [1.807, 2.05) is 19.1 Å². The maximum Gasteiger partial charge on any atom is 0.328 e. The molecule has 0 radical (unpaired) electrons. The van der Waals surface area contributed by atoms with Gasteiger partial charge in [-0.1, -0.05) is 0 Å². The number of amides is 3. The highest BCUT2D eigenvalue weighted by atomic mass is 16.2. The van der Waals surface area contributed by atoms with Crippen molar-refractivity contribution < 1.29 is 9.59 Å². The first kappa shape index (κ1) is 10.5. The van der Waals surface area contributed by atoms with Crippen molar-refractivity contribution >= 4 is 23.3 Å². The second-order valence-corrected chi connectivity index (χ2v) is 3.86. The van der Waals surface area contributed by atoms with Crippen molar-refractivity contribution in [3.8, 4) is 0 Å². The molecule has 16 heavy (non-hydrogen) atoms. The Kier molecular flexibility index (Phi) is 2.52. The largest absolute Gasteiger partial charge is 0.399 e. The first-order valence-electron chi connectivity index (χ1n) is 5.05. The molecule has 5 heteroatoms. The maximum absolute atomic E-state index is 11.6. The van der Waals surface area contributed by atoms with Gasteiger partial charge in [0.15, 0.2) is 0 Å². The number of hydrogen-bond donors (Lipinski definition) is 2. The molecule has 5 nitrogen and oxygen atoms in total. The summed E-state index contributed by atoms with van der Waals surface area (Å²) in [7, 11) is 0. The number of nitrogen functional groups attached to an aromatic ring is 1. The molecule has 3 N–H and O–H groups in total. The second kappa shape index (κ2) is 3.84. The van der Waals surface area contributed by atoms with E-state index in [1.165, 1.54) is 4.90 Å². The van der Waals surface area contributed by atoms with Crippen molar-refractivity contribution in [2.75, 3.05) is 17.2 Å². The highest BCUT2D eigenvalue weighted by Crippen LogP contribution is 2.21. The van der Waals surface area contributed by atoms with Gasteiger partial charge in [0, 0.05) is 24.3 Å². The van der Waals surface area contributed by atoms with Crippen LogP contribution in [0.3, 0.4) is 0 Å². The van der Waals surface area contributed by atoms with E-state index in [0.29, 0.717) is 18.7 Å². The van der Waals surface area contributed by atoms with Crippen LogP contribution in [-0.4, -0.2) is 18.5 Å². The van der Waals surface area contributed by atoms with Gasteiger partial charge >= 0.3 is 6.03 Å². The fraction of sp³-hybridized carbons (Fsp3) is 0.273. The number of aryl methyl sites for hydroxylation is 1. The molecule has 1 fully saturated rings. The molecule has 3 amide bonds. The monoisotopic (exact) mass is 219 g/mol. The molecule has 2 rings (SSSR count). The van der Waals surface area contributed by atoms with Crippen LogP contribution in [0.15, 0.2) is 18.2 Å². The number of rotatable bonds is 1. The Labute approximate surface area is 93.2 Å². The number of anilines is 2. The van der Waals surface area contributed by atoms with E-state index in [-0.39, 0.29) is 11.9 Å². The molecule has 1 aliphatic heterocycles. The smallest absolute Gasteiger partial charge is 0.328 e. The molecule has 0 aromatic heterocycles. The minimum absolute atomic E-state index is 0.234. The lowest BCUT2D eigenvalue weighted by Gasteiger charge is -2.27. The lowest BCUT2D eigenvalue weighted by molar-refractivity contribution is -0.120. The van der Waals surface area contributed by atoms with Crippen LogP contribution >= 0.6 is 0 Å². The number of hydrogen-bond acceptors (Lipinski definition) is 3. The van der Waals surface area contributed by atoms with Gasteiger partial charge in [0.25, 0.3) is 0 Å². The minimum Gasteiger partial charge on any atom is -0.399 e. The highest BCUT2D eigenvalue weighted by Gasteiger charge is 2.24. The van der Waals surface area contributed by atoms with Crippen molar-refractivity contribution in [1.29, 1.82) is 0 Å². The maximum atomic E-state index is 11.6. The number of carbonyl (C=O) groups excluding carboxylic acids is 2. The quantitative estimate of drug-likeness (QED) is 0.692. The fourth-order valence-corrected chi connectivity index (χ4v) is 1.76. The van der Waals surface area contributed by atoms with E-state index < -0.39 is 0 Å². The van der Waals surface area contributed by atoms with Gasteiger partial charge in [0.2, 0.25) is 5.91 Å². The summed E-state index contributed by atoms with van der Waals surface area (Å²) >= 11 is 0. The Hall–Kier alpha value is -2.04. The summed E-state index contributed by atoms with van der Waals surface area (Å²) in [6.07, 6.45) is 0.319. The van der Waals surface area contributed by atoms with Crippen LogP contribution in [-0.2, 0) is 4.79 Å². The van der Waals surface area contributed by atoms with Gasteiger partial charge in [0.05, 0.1) is 0 Å². The number of urea groups is 1. The van der Waals surface area contributed by atoms with Crippen molar-refractivity contribution in [3.63, 3.8) is 0 Å².